The molecule has 1 atom stereocenters. The second kappa shape index (κ2) is 8.18. The highest BCUT2D eigenvalue weighted by Gasteiger charge is 2.16. The number of halogens is 1. The Morgan fingerprint density at radius 2 is 1.81 bits per heavy atom. The zero-order chi connectivity index (χ0) is 19.4. The van der Waals surface area contributed by atoms with Crippen molar-refractivity contribution in [2.45, 2.75) is 13.0 Å². The van der Waals surface area contributed by atoms with E-state index < -0.39 is 0 Å². The molecule has 5 nitrogen and oxygen atoms in total. The van der Waals surface area contributed by atoms with E-state index in [1.807, 2.05) is 19.1 Å². The fourth-order valence-corrected chi connectivity index (χ4v) is 3.38. The van der Waals surface area contributed by atoms with Crippen molar-refractivity contribution >= 4 is 17.2 Å². The molecule has 3 aromatic rings. The smallest absolute Gasteiger partial charge is 0.271 e. The lowest BCUT2D eigenvalue weighted by atomic mass is 10.1. The lowest BCUT2D eigenvalue weighted by Gasteiger charge is -2.13. The zero-order valence-corrected chi connectivity index (χ0v) is 16.0. The highest BCUT2D eigenvalue weighted by molar-refractivity contribution is 7.13. The maximum absolute atomic E-state index is 13.0. The second-order valence-corrected chi connectivity index (χ2v) is 6.71. The molecule has 0 unspecified atom stereocenters. The van der Waals surface area contributed by atoms with Crippen molar-refractivity contribution < 1.29 is 18.7 Å². The Morgan fingerprint density at radius 3 is 2.48 bits per heavy atom. The molecular formula is C20H19FN2O3S. The number of amides is 1. The first-order valence-corrected chi connectivity index (χ1v) is 9.14. The maximum Gasteiger partial charge on any atom is 0.271 e. The fourth-order valence-electron chi connectivity index (χ4n) is 2.59. The van der Waals surface area contributed by atoms with E-state index in [2.05, 4.69) is 10.3 Å². The van der Waals surface area contributed by atoms with E-state index >= 15 is 0 Å². The van der Waals surface area contributed by atoms with Crippen LogP contribution in [0.1, 0.15) is 29.0 Å². The van der Waals surface area contributed by atoms with Gasteiger partial charge in [-0.1, -0.05) is 12.1 Å². The first-order chi connectivity index (χ1) is 13.0. The third kappa shape index (κ3) is 4.25. The molecule has 0 aliphatic heterocycles. The van der Waals surface area contributed by atoms with Crippen molar-refractivity contribution in [1.82, 2.24) is 10.3 Å². The molecule has 1 heterocycles. The summed E-state index contributed by atoms with van der Waals surface area (Å²) >= 11 is 1.37. The van der Waals surface area contributed by atoms with E-state index in [1.165, 1.54) is 23.5 Å². The van der Waals surface area contributed by atoms with E-state index in [1.54, 1.807) is 37.8 Å². The number of rotatable bonds is 6. The van der Waals surface area contributed by atoms with Crippen LogP contribution in [0.4, 0.5) is 4.39 Å². The number of hydrogen-bond donors (Lipinski definition) is 1. The van der Waals surface area contributed by atoms with Crippen molar-refractivity contribution in [3.05, 3.63) is 64.9 Å². The number of methoxy groups -OCH3 is 2. The van der Waals surface area contributed by atoms with E-state index in [9.17, 15) is 9.18 Å². The van der Waals surface area contributed by atoms with Crippen LogP contribution in [0.25, 0.3) is 10.6 Å². The first kappa shape index (κ1) is 18.8. The first-order valence-electron chi connectivity index (χ1n) is 8.26. The van der Waals surface area contributed by atoms with Crippen molar-refractivity contribution in [3.8, 4) is 22.1 Å². The van der Waals surface area contributed by atoms with Crippen molar-refractivity contribution in [1.29, 1.82) is 0 Å². The molecule has 2 aromatic carbocycles. The number of carbonyl (C=O) groups is 1. The molecule has 0 radical (unpaired) electrons. The molecule has 0 aliphatic rings. The van der Waals surface area contributed by atoms with Gasteiger partial charge in [0.25, 0.3) is 5.91 Å². The lowest BCUT2D eigenvalue weighted by molar-refractivity contribution is 0.0935. The summed E-state index contributed by atoms with van der Waals surface area (Å²) in [5.41, 5.74) is 1.99. The number of nitrogens with one attached hydrogen (secondary N) is 1. The molecule has 0 aliphatic carbocycles. The summed E-state index contributed by atoms with van der Waals surface area (Å²) < 4.78 is 23.6. The number of thiazole rings is 1. The van der Waals surface area contributed by atoms with Crippen molar-refractivity contribution in [3.63, 3.8) is 0 Å². The molecule has 7 heteroatoms. The van der Waals surface area contributed by atoms with E-state index in [4.69, 9.17) is 9.47 Å². The summed E-state index contributed by atoms with van der Waals surface area (Å²) in [6.07, 6.45) is 0. The van der Waals surface area contributed by atoms with Gasteiger partial charge in [0.05, 0.1) is 20.3 Å². The fraction of sp³-hybridized carbons (Fsp3) is 0.200. The number of benzene rings is 2. The summed E-state index contributed by atoms with van der Waals surface area (Å²) in [6, 6.07) is 11.3. The van der Waals surface area contributed by atoms with Gasteiger partial charge in [-0.3, -0.25) is 4.79 Å². The maximum atomic E-state index is 13.0. The summed E-state index contributed by atoms with van der Waals surface area (Å²) in [7, 11) is 3.14. The van der Waals surface area contributed by atoms with Gasteiger partial charge < -0.3 is 14.8 Å². The number of carbonyl (C=O) groups excluding carboxylic acids is 1. The Balaban J connectivity index is 1.75. The Morgan fingerprint density at radius 1 is 1.11 bits per heavy atom. The highest BCUT2D eigenvalue weighted by Crippen LogP contribution is 2.33. The van der Waals surface area contributed by atoms with Gasteiger partial charge in [-0.15, -0.1) is 11.3 Å². The summed E-state index contributed by atoms with van der Waals surface area (Å²) in [4.78, 5) is 16.9. The quantitative estimate of drug-likeness (QED) is 0.680. The molecular weight excluding hydrogens is 367 g/mol. The van der Waals surface area contributed by atoms with Crippen LogP contribution in [0.3, 0.4) is 0 Å². The molecule has 3 rings (SSSR count). The molecule has 140 valence electrons. The minimum atomic E-state index is -0.309. The molecule has 1 N–H and O–H groups in total. The topological polar surface area (TPSA) is 60.5 Å². The molecule has 1 amide bonds. The molecule has 0 spiro atoms. The Hall–Kier alpha value is -2.93. The standard InChI is InChI=1S/C20H19FN2O3S/c1-12(13-4-7-15(21)8-5-13)22-19(24)16-11-27-20(23-16)14-6-9-17(25-2)18(10-14)26-3/h4-12H,1-3H3,(H,22,24)/t12-/m0/s1. The number of nitrogens with zero attached hydrogens (tertiary/aromatic N) is 1. The minimum absolute atomic E-state index is 0.260. The molecule has 1 aromatic heterocycles. The van der Waals surface area contributed by atoms with Crippen LogP contribution < -0.4 is 14.8 Å². The van der Waals surface area contributed by atoms with Crippen molar-refractivity contribution in [2.24, 2.45) is 0 Å². The minimum Gasteiger partial charge on any atom is -0.493 e. The van der Waals surface area contributed by atoms with Gasteiger partial charge in [0.15, 0.2) is 11.5 Å². The Bertz CT molecular complexity index is 941. The molecule has 27 heavy (non-hydrogen) atoms. The van der Waals surface area contributed by atoms with Crippen LogP contribution in [-0.2, 0) is 0 Å². The van der Waals surface area contributed by atoms with E-state index in [0.29, 0.717) is 22.2 Å². The Labute approximate surface area is 160 Å². The normalized spacial score (nSPS) is 11.7. The third-order valence-electron chi connectivity index (χ3n) is 4.08. The second-order valence-electron chi connectivity index (χ2n) is 5.85. The van der Waals surface area contributed by atoms with Gasteiger partial charge in [0.2, 0.25) is 0 Å². The van der Waals surface area contributed by atoms with Gasteiger partial charge in [0, 0.05) is 10.9 Å². The zero-order valence-electron chi connectivity index (χ0n) is 15.2. The van der Waals surface area contributed by atoms with Crippen molar-refractivity contribution in [2.75, 3.05) is 14.2 Å². The molecule has 0 saturated heterocycles. The molecule has 0 bridgehead atoms. The number of aromatic nitrogens is 1. The van der Waals surface area contributed by atoms with Crippen LogP contribution in [0.2, 0.25) is 0 Å². The average Bonchev–Trinajstić information content (AvgIpc) is 3.18. The third-order valence-corrected chi connectivity index (χ3v) is 4.98. The van der Waals surface area contributed by atoms with Crippen LogP contribution >= 0.6 is 11.3 Å². The predicted molar refractivity (Wildman–Crippen MR) is 103 cm³/mol. The largest absolute Gasteiger partial charge is 0.493 e. The number of hydrogen-bond acceptors (Lipinski definition) is 5. The number of ether oxygens (including phenoxy) is 2. The average molecular weight is 386 g/mol. The summed E-state index contributed by atoms with van der Waals surface area (Å²) in [5.74, 6) is 0.635. The van der Waals surface area contributed by atoms with Crippen LogP contribution in [0.15, 0.2) is 47.8 Å². The van der Waals surface area contributed by atoms with Gasteiger partial charge >= 0.3 is 0 Å². The van der Waals surface area contributed by atoms with Crippen LogP contribution in [-0.4, -0.2) is 25.1 Å². The Kier molecular flexibility index (Phi) is 5.71. The molecule has 0 saturated carbocycles. The molecule has 0 fully saturated rings. The van der Waals surface area contributed by atoms with E-state index in [-0.39, 0.29) is 17.8 Å². The summed E-state index contributed by atoms with van der Waals surface area (Å²) in [5, 5.41) is 5.29. The lowest BCUT2D eigenvalue weighted by Crippen LogP contribution is -2.26. The SMILES string of the molecule is COc1ccc(-c2nc(C(=O)N[C@@H](C)c3ccc(F)cc3)cs2)cc1OC. The van der Waals surface area contributed by atoms with E-state index in [0.717, 1.165) is 11.1 Å². The van der Waals surface area contributed by atoms with Crippen LogP contribution in [0.5, 0.6) is 11.5 Å². The van der Waals surface area contributed by atoms with Gasteiger partial charge in [-0.2, -0.15) is 0 Å². The summed E-state index contributed by atoms with van der Waals surface area (Å²) in [6.45, 7) is 1.84. The van der Waals surface area contributed by atoms with Gasteiger partial charge in [0.1, 0.15) is 16.5 Å². The van der Waals surface area contributed by atoms with Gasteiger partial charge in [-0.25, -0.2) is 9.37 Å². The highest BCUT2D eigenvalue weighted by atomic mass is 32.1. The predicted octanol–water partition coefficient (Wildman–Crippen LogP) is 4.46. The monoisotopic (exact) mass is 386 g/mol. The van der Waals surface area contributed by atoms with Crippen LogP contribution in [0, 0.1) is 5.82 Å². The van der Waals surface area contributed by atoms with Gasteiger partial charge in [-0.05, 0) is 42.8 Å².